The molecule has 2 N–H and O–H groups in total. The molecule has 25 heavy (non-hydrogen) atoms. The van der Waals surface area contributed by atoms with E-state index in [2.05, 4.69) is 20.6 Å². The predicted octanol–water partition coefficient (Wildman–Crippen LogP) is 5.09. The molecule has 5 nitrogen and oxygen atoms in total. The molecule has 0 fully saturated rings. The highest BCUT2D eigenvalue weighted by Crippen LogP contribution is 2.22. The van der Waals surface area contributed by atoms with Crippen molar-refractivity contribution in [3.8, 4) is 0 Å². The van der Waals surface area contributed by atoms with Gasteiger partial charge in [0.1, 0.15) is 5.69 Å². The molecule has 0 radical (unpaired) electrons. The Morgan fingerprint density at radius 1 is 1.00 bits per heavy atom. The molecule has 0 atom stereocenters. The number of benzene rings is 2. The fourth-order valence-electron chi connectivity index (χ4n) is 2.12. The minimum absolute atomic E-state index is 0.243. The summed E-state index contributed by atoms with van der Waals surface area (Å²) in [6.45, 7) is 1.94. The van der Waals surface area contributed by atoms with E-state index >= 15 is 0 Å². The minimum Gasteiger partial charge on any atom is -0.324 e. The minimum atomic E-state index is -0.337. The topological polar surface area (TPSA) is 66.9 Å². The second-order valence-electron chi connectivity index (χ2n) is 5.31. The van der Waals surface area contributed by atoms with Gasteiger partial charge in [0.15, 0.2) is 0 Å². The maximum atomic E-state index is 12.3. The highest BCUT2D eigenvalue weighted by molar-refractivity contribution is 6.31. The lowest BCUT2D eigenvalue weighted by Crippen LogP contribution is -2.14. The van der Waals surface area contributed by atoms with Gasteiger partial charge in [-0.3, -0.25) is 4.79 Å². The summed E-state index contributed by atoms with van der Waals surface area (Å²) < 4.78 is 0. The van der Waals surface area contributed by atoms with E-state index in [0.717, 1.165) is 11.3 Å². The van der Waals surface area contributed by atoms with Gasteiger partial charge in [-0.15, -0.1) is 0 Å². The van der Waals surface area contributed by atoms with Crippen molar-refractivity contribution < 1.29 is 4.79 Å². The van der Waals surface area contributed by atoms with Crippen LogP contribution in [0.5, 0.6) is 0 Å². The molecule has 0 aliphatic rings. The van der Waals surface area contributed by atoms with Crippen molar-refractivity contribution in [3.05, 3.63) is 76.0 Å². The van der Waals surface area contributed by atoms with Crippen molar-refractivity contribution in [1.29, 1.82) is 0 Å². The van der Waals surface area contributed by atoms with Crippen LogP contribution in [0.15, 0.2) is 54.7 Å². The first kappa shape index (κ1) is 17.2. The van der Waals surface area contributed by atoms with E-state index < -0.39 is 0 Å². The number of hydrogen-bond donors (Lipinski definition) is 2. The monoisotopic (exact) mass is 372 g/mol. The van der Waals surface area contributed by atoms with Crippen LogP contribution in [-0.4, -0.2) is 15.9 Å². The second kappa shape index (κ2) is 7.51. The average Bonchev–Trinajstić information content (AvgIpc) is 2.60. The normalized spacial score (nSPS) is 10.4. The molecule has 0 unspecified atom stereocenters. The summed E-state index contributed by atoms with van der Waals surface area (Å²) >= 11 is 11.8. The van der Waals surface area contributed by atoms with Crippen LogP contribution in [0.4, 0.5) is 17.3 Å². The molecule has 0 aliphatic carbocycles. The number of hydrogen-bond acceptors (Lipinski definition) is 4. The van der Waals surface area contributed by atoms with Crippen LogP contribution in [0.2, 0.25) is 10.0 Å². The van der Waals surface area contributed by atoms with E-state index in [1.165, 1.54) is 6.20 Å². The van der Waals surface area contributed by atoms with E-state index in [0.29, 0.717) is 21.7 Å². The molecule has 1 aromatic heterocycles. The number of anilines is 3. The summed E-state index contributed by atoms with van der Waals surface area (Å²) in [5, 5.41) is 7.04. The van der Waals surface area contributed by atoms with Crippen LogP contribution in [0.1, 0.15) is 16.1 Å². The molecule has 126 valence electrons. The summed E-state index contributed by atoms with van der Waals surface area (Å²) in [4.78, 5) is 20.7. The number of halogens is 2. The highest BCUT2D eigenvalue weighted by Gasteiger charge is 2.10. The van der Waals surface area contributed by atoms with Crippen molar-refractivity contribution >= 4 is 46.4 Å². The third kappa shape index (κ3) is 4.47. The van der Waals surface area contributed by atoms with Gasteiger partial charge in [-0.05, 0) is 55.0 Å². The maximum Gasteiger partial charge on any atom is 0.274 e. The zero-order valence-electron chi connectivity index (χ0n) is 13.3. The third-order valence-corrected chi connectivity index (χ3v) is 3.92. The summed E-state index contributed by atoms with van der Waals surface area (Å²) in [7, 11) is 0. The fraction of sp³-hybridized carbons (Fsp3) is 0.0556. The van der Waals surface area contributed by atoms with Gasteiger partial charge < -0.3 is 10.6 Å². The summed E-state index contributed by atoms with van der Waals surface area (Å²) in [5.74, 6) is -0.0234. The molecule has 7 heteroatoms. The molecule has 0 spiro atoms. The molecular formula is C18H14Cl2N4O. The zero-order chi connectivity index (χ0) is 17.8. The number of nitrogens with zero attached hydrogens (tertiary/aromatic N) is 2. The van der Waals surface area contributed by atoms with Crippen molar-refractivity contribution in [2.24, 2.45) is 0 Å². The number of carbonyl (C=O) groups excluding carboxylic acids is 1. The van der Waals surface area contributed by atoms with E-state index in [1.54, 1.807) is 42.5 Å². The van der Waals surface area contributed by atoms with Crippen LogP contribution in [0.25, 0.3) is 0 Å². The fourth-order valence-corrected chi connectivity index (χ4v) is 2.42. The number of carbonyl (C=O) groups is 1. The molecule has 3 rings (SSSR count). The SMILES string of the molecule is Cc1ccc(Cl)cc1Nc1nccc(C(=O)Nc2ccc(Cl)cc2)n1. The first-order valence-electron chi connectivity index (χ1n) is 7.44. The van der Waals surface area contributed by atoms with Crippen molar-refractivity contribution in [3.63, 3.8) is 0 Å². The van der Waals surface area contributed by atoms with E-state index in [1.807, 2.05) is 13.0 Å². The molecule has 0 bridgehead atoms. The van der Waals surface area contributed by atoms with Gasteiger partial charge in [0, 0.05) is 27.6 Å². The molecule has 1 heterocycles. The quantitative estimate of drug-likeness (QED) is 0.669. The Kier molecular flexibility index (Phi) is 5.16. The molecule has 1 amide bonds. The number of aromatic nitrogens is 2. The van der Waals surface area contributed by atoms with Crippen LogP contribution in [0.3, 0.4) is 0 Å². The molecule has 0 saturated heterocycles. The average molecular weight is 373 g/mol. The van der Waals surface area contributed by atoms with Gasteiger partial charge in [-0.25, -0.2) is 9.97 Å². The molecular weight excluding hydrogens is 359 g/mol. The second-order valence-corrected chi connectivity index (χ2v) is 6.18. The number of rotatable bonds is 4. The zero-order valence-corrected chi connectivity index (χ0v) is 14.8. The van der Waals surface area contributed by atoms with Crippen LogP contribution >= 0.6 is 23.2 Å². The first-order valence-corrected chi connectivity index (χ1v) is 8.20. The number of amides is 1. The molecule has 0 aliphatic heterocycles. The third-order valence-electron chi connectivity index (χ3n) is 3.44. The van der Waals surface area contributed by atoms with Crippen LogP contribution in [0, 0.1) is 6.92 Å². The van der Waals surface area contributed by atoms with Crippen molar-refractivity contribution in [2.75, 3.05) is 10.6 Å². The van der Waals surface area contributed by atoms with Crippen molar-refractivity contribution in [2.45, 2.75) is 6.92 Å². The first-order chi connectivity index (χ1) is 12.0. The summed E-state index contributed by atoms with van der Waals surface area (Å²) in [5.41, 5.74) is 2.65. The maximum absolute atomic E-state index is 12.3. The van der Waals surface area contributed by atoms with Crippen LogP contribution < -0.4 is 10.6 Å². The highest BCUT2D eigenvalue weighted by atomic mass is 35.5. The molecule has 3 aromatic rings. The number of nitrogens with one attached hydrogen (secondary N) is 2. The summed E-state index contributed by atoms with van der Waals surface area (Å²) in [6, 6.07) is 13.9. The smallest absolute Gasteiger partial charge is 0.274 e. The Labute approximate surface area is 155 Å². The Bertz CT molecular complexity index is 913. The van der Waals surface area contributed by atoms with Gasteiger partial charge >= 0.3 is 0 Å². The van der Waals surface area contributed by atoms with Crippen molar-refractivity contribution in [1.82, 2.24) is 9.97 Å². The van der Waals surface area contributed by atoms with Gasteiger partial charge in [0.05, 0.1) is 0 Å². The standard InChI is InChI=1S/C18H14Cl2N4O/c1-11-2-3-13(20)10-16(11)24-18-21-9-8-15(23-18)17(25)22-14-6-4-12(19)5-7-14/h2-10H,1H3,(H,22,25)(H,21,23,24). The predicted molar refractivity (Wildman–Crippen MR) is 101 cm³/mol. The molecule has 2 aromatic carbocycles. The van der Waals surface area contributed by atoms with Crippen LogP contribution in [-0.2, 0) is 0 Å². The summed E-state index contributed by atoms with van der Waals surface area (Å²) in [6.07, 6.45) is 1.52. The van der Waals surface area contributed by atoms with E-state index in [-0.39, 0.29) is 11.6 Å². The van der Waals surface area contributed by atoms with E-state index in [9.17, 15) is 4.79 Å². The Morgan fingerprint density at radius 2 is 1.72 bits per heavy atom. The van der Waals surface area contributed by atoms with Gasteiger partial charge in [0.2, 0.25) is 5.95 Å². The van der Waals surface area contributed by atoms with Gasteiger partial charge in [-0.1, -0.05) is 29.3 Å². The Morgan fingerprint density at radius 3 is 2.48 bits per heavy atom. The lowest BCUT2D eigenvalue weighted by Gasteiger charge is -2.10. The van der Waals surface area contributed by atoms with Gasteiger partial charge in [0.25, 0.3) is 5.91 Å². The van der Waals surface area contributed by atoms with E-state index in [4.69, 9.17) is 23.2 Å². The molecule has 0 saturated carbocycles. The Balaban J connectivity index is 1.77. The number of aryl methyl sites for hydroxylation is 1. The lowest BCUT2D eigenvalue weighted by molar-refractivity contribution is 0.102. The largest absolute Gasteiger partial charge is 0.324 e. The van der Waals surface area contributed by atoms with Gasteiger partial charge in [-0.2, -0.15) is 0 Å². The lowest BCUT2D eigenvalue weighted by atomic mass is 10.2. The Hall–Kier alpha value is -2.63.